The van der Waals surface area contributed by atoms with Crippen LogP contribution in [0.4, 0.5) is 42.1 Å². The fourth-order valence-electron chi connectivity index (χ4n) is 3.59. The predicted octanol–water partition coefficient (Wildman–Crippen LogP) is 5.48. The summed E-state index contributed by atoms with van der Waals surface area (Å²) in [5.41, 5.74) is -7.18. The molecule has 0 saturated carbocycles. The van der Waals surface area contributed by atoms with Crippen LogP contribution in [0.2, 0.25) is 0 Å². The first-order chi connectivity index (χ1) is 13.6. The number of carbonyl (C=O) groups excluding carboxylic acids is 1. The highest BCUT2D eigenvalue weighted by Crippen LogP contribution is 2.51. The van der Waals surface area contributed by atoms with Gasteiger partial charge >= 0.3 is 12.4 Å². The lowest BCUT2D eigenvalue weighted by Crippen LogP contribution is -2.54. The molecule has 1 heterocycles. The van der Waals surface area contributed by atoms with E-state index in [0.717, 1.165) is 4.90 Å². The Balaban J connectivity index is 2.16. The van der Waals surface area contributed by atoms with E-state index in [9.17, 15) is 40.6 Å². The summed E-state index contributed by atoms with van der Waals surface area (Å²) in [6.07, 6.45) is -12.3. The van der Waals surface area contributed by atoms with Crippen LogP contribution in [0.1, 0.15) is 31.4 Å². The minimum absolute atomic E-state index is 0.0496. The molecule has 0 aliphatic carbocycles. The van der Waals surface area contributed by atoms with Crippen molar-refractivity contribution in [3.05, 3.63) is 59.4 Å². The fourth-order valence-corrected chi connectivity index (χ4v) is 3.59. The van der Waals surface area contributed by atoms with Gasteiger partial charge in [0.05, 0.1) is 11.4 Å². The van der Waals surface area contributed by atoms with Gasteiger partial charge in [0, 0.05) is 17.4 Å². The van der Waals surface area contributed by atoms with E-state index in [1.165, 1.54) is 6.07 Å². The van der Waals surface area contributed by atoms with Crippen LogP contribution in [-0.2, 0) is 15.8 Å². The first-order valence-electron chi connectivity index (χ1n) is 8.69. The zero-order chi connectivity index (χ0) is 22.7. The van der Waals surface area contributed by atoms with Gasteiger partial charge in [-0.1, -0.05) is 38.1 Å². The van der Waals surface area contributed by atoms with Gasteiger partial charge in [-0.15, -0.1) is 0 Å². The number of hydrogen-bond donors (Lipinski definition) is 1. The van der Waals surface area contributed by atoms with Crippen molar-refractivity contribution in [2.45, 2.75) is 43.6 Å². The van der Waals surface area contributed by atoms with E-state index in [2.05, 4.69) is 0 Å². The van der Waals surface area contributed by atoms with E-state index in [4.69, 9.17) is 0 Å². The largest absolute Gasteiger partial charge is 0.430 e. The standard InChI is InChI=1S/C20H16F7NO2/c1-17(2)10-16(29)28(14-6-4-3-5-12(14)17)15-8-7-11(9-13(15)21)18(30,19(22,23)24)20(25,26)27/h3-9,30H,10H2,1-2H3. The second kappa shape index (κ2) is 6.69. The average molecular weight is 435 g/mol. The smallest absolute Gasteiger partial charge is 0.369 e. The van der Waals surface area contributed by atoms with Crippen LogP contribution in [0, 0.1) is 5.82 Å². The van der Waals surface area contributed by atoms with Crippen molar-refractivity contribution in [2.75, 3.05) is 4.90 Å². The number of aliphatic hydroxyl groups is 1. The second-order valence-corrected chi connectivity index (χ2v) is 7.68. The van der Waals surface area contributed by atoms with Gasteiger partial charge in [-0.3, -0.25) is 9.69 Å². The van der Waals surface area contributed by atoms with Crippen molar-refractivity contribution in [2.24, 2.45) is 0 Å². The number of para-hydroxylation sites is 1. The number of alkyl halides is 6. The Morgan fingerprint density at radius 3 is 2.03 bits per heavy atom. The summed E-state index contributed by atoms with van der Waals surface area (Å²) in [6, 6.07) is 7.36. The minimum atomic E-state index is -6.14. The summed E-state index contributed by atoms with van der Waals surface area (Å²) in [5.74, 6) is -2.09. The number of benzene rings is 2. The number of amides is 1. The molecule has 0 fully saturated rings. The summed E-state index contributed by atoms with van der Waals surface area (Å²) in [4.78, 5) is 13.6. The Kier molecular flexibility index (Phi) is 4.93. The summed E-state index contributed by atoms with van der Waals surface area (Å²) in [6.45, 7) is 3.57. The third-order valence-corrected chi connectivity index (χ3v) is 5.14. The van der Waals surface area contributed by atoms with Crippen molar-refractivity contribution < 1.29 is 40.6 Å². The highest BCUT2D eigenvalue weighted by atomic mass is 19.4. The normalized spacial score (nSPS) is 17.1. The lowest BCUT2D eigenvalue weighted by molar-refractivity contribution is -0.376. The molecule has 1 amide bonds. The maximum Gasteiger partial charge on any atom is 0.430 e. The summed E-state index contributed by atoms with van der Waals surface area (Å²) < 4.78 is 93.1. The Morgan fingerprint density at radius 2 is 1.50 bits per heavy atom. The molecular weight excluding hydrogens is 419 g/mol. The molecule has 1 aliphatic heterocycles. The van der Waals surface area contributed by atoms with Crippen LogP contribution in [-0.4, -0.2) is 23.4 Å². The van der Waals surface area contributed by atoms with E-state index in [1.54, 1.807) is 32.0 Å². The minimum Gasteiger partial charge on any atom is -0.369 e. The van der Waals surface area contributed by atoms with Gasteiger partial charge in [-0.25, -0.2) is 4.39 Å². The van der Waals surface area contributed by atoms with E-state index in [-0.39, 0.29) is 18.2 Å². The molecule has 0 saturated heterocycles. The average Bonchev–Trinajstić information content (AvgIpc) is 2.60. The molecule has 3 rings (SSSR count). The topological polar surface area (TPSA) is 40.5 Å². The molecule has 0 atom stereocenters. The second-order valence-electron chi connectivity index (χ2n) is 7.68. The molecule has 1 aliphatic rings. The zero-order valence-corrected chi connectivity index (χ0v) is 15.7. The number of halogens is 7. The number of nitrogens with zero attached hydrogens (tertiary/aromatic N) is 1. The van der Waals surface area contributed by atoms with Crippen LogP contribution >= 0.6 is 0 Å². The predicted molar refractivity (Wildman–Crippen MR) is 93.6 cm³/mol. The van der Waals surface area contributed by atoms with Crippen molar-refractivity contribution in [3.8, 4) is 0 Å². The Labute approximate surface area is 166 Å². The first kappa shape index (κ1) is 22.1. The highest BCUT2D eigenvalue weighted by molar-refractivity contribution is 6.04. The van der Waals surface area contributed by atoms with Crippen LogP contribution in [0.3, 0.4) is 0 Å². The van der Waals surface area contributed by atoms with Gasteiger partial charge in [0.2, 0.25) is 5.91 Å². The molecule has 0 spiro atoms. The molecule has 1 N–H and O–H groups in total. The molecular formula is C20H16F7NO2. The van der Waals surface area contributed by atoms with E-state index >= 15 is 0 Å². The van der Waals surface area contributed by atoms with Crippen LogP contribution < -0.4 is 4.90 Å². The molecule has 2 aromatic rings. The number of hydrogen-bond acceptors (Lipinski definition) is 2. The Bertz CT molecular complexity index is 981. The van der Waals surface area contributed by atoms with Gasteiger partial charge in [0.25, 0.3) is 5.60 Å². The third-order valence-electron chi connectivity index (χ3n) is 5.14. The first-order valence-corrected chi connectivity index (χ1v) is 8.69. The SMILES string of the molecule is CC1(C)CC(=O)N(c2ccc(C(O)(C(F)(F)F)C(F)(F)F)cc2F)c2ccccc21. The lowest BCUT2D eigenvalue weighted by Gasteiger charge is -2.39. The number of fused-ring (bicyclic) bond motifs is 1. The number of anilines is 2. The van der Waals surface area contributed by atoms with Crippen LogP contribution in [0.5, 0.6) is 0 Å². The maximum absolute atomic E-state index is 14.8. The summed E-state index contributed by atoms with van der Waals surface area (Å²) in [5, 5.41) is 9.46. The van der Waals surface area contributed by atoms with E-state index < -0.39 is 46.3 Å². The van der Waals surface area contributed by atoms with Gasteiger partial charge in [-0.05, 0) is 23.8 Å². The van der Waals surface area contributed by atoms with Crippen LogP contribution in [0.25, 0.3) is 0 Å². The van der Waals surface area contributed by atoms with E-state index in [1.807, 2.05) is 0 Å². The molecule has 2 aromatic carbocycles. The Hall–Kier alpha value is -2.62. The number of carbonyl (C=O) groups is 1. The quantitative estimate of drug-likeness (QED) is 0.635. The van der Waals surface area contributed by atoms with Gasteiger partial charge < -0.3 is 5.11 Å². The lowest BCUT2D eigenvalue weighted by atomic mass is 9.77. The van der Waals surface area contributed by atoms with Crippen molar-refractivity contribution in [1.82, 2.24) is 0 Å². The van der Waals surface area contributed by atoms with Crippen LogP contribution in [0.15, 0.2) is 42.5 Å². The van der Waals surface area contributed by atoms with Gasteiger partial charge in [0.15, 0.2) is 0 Å². The number of rotatable bonds is 2. The maximum atomic E-state index is 14.8. The zero-order valence-electron chi connectivity index (χ0n) is 15.7. The molecule has 10 heteroatoms. The Morgan fingerprint density at radius 1 is 0.933 bits per heavy atom. The van der Waals surface area contributed by atoms with Gasteiger partial charge in [-0.2, -0.15) is 26.3 Å². The summed E-state index contributed by atoms with van der Waals surface area (Å²) in [7, 11) is 0. The fraction of sp³-hybridized carbons (Fsp3) is 0.350. The highest BCUT2D eigenvalue weighted by Gasteiger charge is 2.71. The van der Waals surface area contributed by atoms with Crippen molar-refractivity contribution >= 4 is 17.3 Å². The molecule has 162 valence electrons. The van der Waals surface area contributed by atoms with Crippen molar-refractivity contribution in [1.29, 1.82) is 0 Å². The molecule has 0 aromatic heterocycles. The van der Waals surface area contributed by atoms with Gasteiger partial charge in [0.1, 0.15) is 5.82 Å². The molecule has 0 bridgehead atoms. The van der Waals surface area contributed by atoms with E-state index in [0.29, 0.717) is 17.7 Å². The molecule has 0 unspecified atom stereocenters. The molecule has 0 radical (unpaired) electrons. The monoisotopic (exact) mass is 435 g/mol. The van der Waals surface area contributed by atoms with Crippen molar-refractivity contribution in [3.63, 3.8) is 0 Å². The molecule has 30 heavy (non-hydrogen) atoms. The third kappa shape index (κ3) is 3.23. The summed E-state index contributed by atoms with van der Waals surface area (Å²) >= 11 is 0. The molecule has 3 nitrogen and oxygen atoms in total.